The number of hydrogen-bond acceptors (Lipinski definition) is 3. The Bertz CT molecular complexity index is 677. The van der Waals surface area contributed by atoms with E-state index in [2.05, 4.69) is 20.9 Å². The molecule has 1 aromatic carbocycles. The van der Waals surface area contributed by atoms with Crippen LogP contribution < -0.4 is 16.0 Å². The second-order valence-corrected chi connectivity index (χ2v) is 6.28. The highest BCUT2D eigenvalue weighted by Gasteiger charge is 2.04. The molecule has 2 rings (SSSR count). The van der Waals surface area contributed by atoms with Crippen molar-refractivity contribution in [2.75, 3.05) is 19.6 Å². The number of thiophene rings is 1. The van der Waals surface area contributed by atoms with E-state index in [1.807, 2.05) is 24.4 Å². The van der Waals surface area contributed by atoms with Gasteiger partial charge in [0.25, 0.3) is 5.91 Å². The van der Waals surface area contributed by atoms with Gasteiger partial charge in [-0.3, -0.25) is 4.79 Å². The second kappa shape index (κ2) is 12.6. The minimum atomic E-state index is -0.248. The molecule has 1 aromatic heterocycles. The summed E-state index contributed by atoms with van der Waals surface area (Å²) in [6.45, 7) is 4.52. The maximum Gasteiger partial charge on any atom is 0.261 e. The fraction of sp³-hybridized carbons (Fsp3) is 0.333. The van der Waals surface area contributed by atoms with E-state index < -0.39 is 0 Å². The molecular formula is C18H24FIN4OS. The number of carbonyl (C=O) groups is 1. The summed E-state index contributed by atoms with van der Waals surface area (Å²) in [7, 11) is 0. The second-order valence-electron chi connectivity index (χ2n) is 5.34. The lowest BCUT2D eigenvalue weighted by Crippen LogP contribution is -2.38. The number of rotatable bonds is 8. The van der Waals surface area contributed by atoms with Crippen LogP contribution in [0.15, 0.2) is 46.8 Å². The molecule has 142 valence electrons. The molecule has 1 amide bonds. The molecule has 0 saturated carbocycles. The third-order valence-electron chi connectivity index (χ3n) is 3.35. The molecular weight excluding hydrogens is 466 g/mol. The van der Waals surface area contributed by atoms with Crippen molar-refractivity contribution in [2.24, 2.45) is 4.99 Å². The smallest absolute Gasteiger partial charge is 0.261 e. The fourth-order valence-corrected chi connectivity index (χ4v) is 2.73. The molecule has 0 bridgehead atoms. The van der Waals surface area contributed by atoms with Gasteiger partial charge in [0.15, 0.2) is 5.96 Å². The molecule has 0 aliphatic carbocycles. The van der Waals surface area contributed by atoms with Gasteiger partial charge in [0.05, 0.1) is 11.4 Å². The van der Waals surface area contributed by atoms with Gasteiger partial charge in [-0.15, -0.1) is 35.3 Å². The van der Waals surface area contributed by atoms with Crippen LogP contribution in [0, 0.1) is 5.82 Å². The number of hydrogen-bond donors (Lipinski definition) is 3. The van der Waals surface area contributed by atoms with E-state index in [0.717, 1.165) is 23.4 Å². The summed E-state index contributed by atoms with van der Waals surface area (Å²) in [4.78, 5) is 17.0. The minimum Gasteiger partial charge on any atom is -0.357 e. The van der Waals surface area contributed by atoms with Crippen molar-refractivity contribution in [1.82, 2.24) is 16.0 Å². The van der Waals surface area contributed by atoms with Crippen molar-refractivity contribution in [2.45, 2.75) is 19.9 Å². The van der Waals surface area contributed by atoms with E-state index in [4.69, 9.17) is 0 Å². The van der Waals surface area contributed by atoms with Gasteiger partial charge in [-0.25, -0.2) is 9.38 Å². The van der Waals surface area contributed by atoms with Gasteiger partial charge in [0.1, 0.15) is 5.82 Å². The van der Waals surface area contributed by atoms with Gasteiger partial charge in [0.2, 0.25) is 0 Å². The van der Waals surface area contributed by atoms with Crippen LogP contribution in [0.5, 0.6) is 0 Å². The van der Waals surface area contributed by atoms with Crippen molar-refractivity contribution < 1.29 is 9.18 Å². The molecule has 0 unspecified atom stereocenters. The molecule has 0 radical (unpaired) electrons. The minimum absolute atomic E-state index is 0. The number of guanidine groups is 1. The monoisotopic (exact) mass is 490 g/mol. The molecule has 0 aliphatic heterocycles. The Morgan fingerprint density at radius 3 is 2.50 bits per heavy atom. The average molecular weight is 490 g/mol. The molecule has 2 aromatic rings. The van der Waals surface area contributed by atoms with Crippen LogP contribution in [-0.2, 0) is 6.54 Å². The van der Waals surface area contributed by atoms with Gasteiger partial charge in [-0.1, -0.05) is 18.2 Å². The van der Waals surface area contributed by atoms with Gasteiger partial charge >= 0.3 is 0 Å². The maximum atomic E-state index is 12.9. The lowest BCUT2D eigenvalue weighted by molar-refractivity contribution is 0.0957. The zero-order valence-electron chi connectivity index (χ0n) is 14.6. The molecule has 0 saturated heterocycles. The number of benzene rings is 1. The highest BCUT2D eigenvalue weighted by molar-refractivity contribution is 14.0. The van der Waals surface area contributed by atoms with Gasteiger partial charge in [0, 0.05) is 19.6 Å². The molecule has 3 N–H and O–H groups in total. The number of nitrogens with one attached hydrogen (secondary N) is 3. The molecule has 1 heterocycles. The molecule has 0 fully saturated rings. The lowest BCUT2D eigenvalue weighted by Gasteiger charge is -2.11. The van der Waals surface area contributed by atoms with Crippen molar-refractivity contribution in [3.63, 3.8) is 0 Å². The molecule has 5 nitrogen and oxygen atoms in total. The summed E-state index contributed by atoms with van der Waals surface area (Å²) in [5, 5.41) is 11.2. The first-order chi connectivity index (χ1) is 12.2. The van der Waals surface area contributed by atoms with Crippen LogP contribution in [0.1, 0.15) is 28.6 Å². The van der Waals surface area contributed by atoms with Crippen molar-refractivity contribution in [3.05, 3.63) is 58.0 Å². The predicted octanol–water partition coefficient (Wildman–Crippen LogP) is 3.38. The topological polar surface area (TPSA) is 65.5 Å². The van der Waals surface area contributed by atoms with E-state index in [9.17, 15) is 9.18 Å². The quantitative estimate of drug-likeness (QED) is 0.230. The number of aliphatic imine (C=N–C) groups is 1. The summed E-state index contributed by atoms with van der Waals surface area (Å²) in [5.41, 5.74) is 0.946. The summed E-state index contributed by atoms with van der Waals surface area (Å²) in [6.07, 6.45) is 0.790. The summed E-state index contributed by atoms with van der Waals surface area (Å²) < 4.78 is 12.9. The van der Waals surface area contributed by atoms with Gasteiger partial charge in [-0.05, 0) is 42.5 Å². The molecule has 8 heteroatoms. The zero-order valence-corrected chi connectivity index (χ0v) is 17.8. The van der Waals surface area contributed by atoms with Crippen LogP contribution in [0.25, 0.3) is 0 Å². The molecule has 0 spiro atoms. The van der Waals surface area contributed by atoms with Gasteiger partial charge < -0.3 is 16.0 Å². The highest BCUT2D eigenvalue weighted by atomic mass is 127. The predicted molar refractivity (Wildman–Crippen MR) is 116 cm³/mol. The fourth-order valence-electron chi connectivity index (χ4n) is 2.09. The number of carbonyl (C=O) groups excluding carboxylic acids is 1. The van der Waals surface area contributed by atoms with E-state index >= 15 is 0 Å². The standard InChI is InChI=1S/C18H23FN4OS.HI/c1-2-20-18(23-13-14-6-8-15(19)9-7-14)22-11-4-10-21-17(24)16-5-3-12-25-16;/h3,5-9,12H,2,4,10-11,13H2,1H3,(H,21,24)(H2,20,22,23);1H. The maximum absolute atomic E-state index is 12.9. The van der Waals surface area contributed by atoms with E-state index in [1.165, 1.54) is 23.5 Å². The average Bonchev–Trinajstić information content (AvgIpc) is 3.15. The Kier molecular flexibility index (Phi) is 10.9. The van der Waals surface area contributed by atoms with E-state index in [-0.39, 0.29) is 35.7 Å². The molecule has 26 heavy (non-hydrogen) atoms. The third kappa shape index (κ3) is 8.13. The van der Waals surface area contributed by atoms with Crippen LogP contribution in [0.3, 0.4) is 0 Å². The number of amides is 1. The number of halogens is 2. The SMILES string of the molecule is CCNC(=NCc1ccc(F)cc1)NCCCNC(=O)c1cccs1.I. The van der Waals surface area contributed by atoms with Crippen molar-refractivity contribution in [3.8, 4) is 0 Å². The largest absolute Gasteiger partial charge is 0.357 e. The summed E-state index contributed by atoms with van der Waals surface area (Å²) in [6, 6.07) is 9.99. The number of nitrogens with zero attached hydrogens (tertiary/aromatic N) is 1. The Morgan fingerprint density at radius 1 is 1.12 bits per heavy atom. The molecule has 0 aliphatic rings. The Labute approximate surface area is 174 Å². The first-order valence-corrected chi connectivity index (χ1v) is 9.15. The summed E-state index contributed by atoms with van der Waals surface area (Å²) >= 11 is 1.43. The normalized spacial score (nSPS) is 10.8. The van der Waals surface area contributed by atoms with Crippen LogP contribution in [0.2, 0.25) is 0 Å². The summed E-state index contributed by atoms with van der Waals surface area (Å²) in [5.74, 6) is 0.422. The van der Waals surface area contributed by atoms with E-state index in [1.54, 1.807) is 12.1 Å². The van der Waals surface area contributed by atoms with Gasteiger partial charge in [-0.2, -0.15) is 0 Å². The highest BCUT2D eigenvalue weighted by Crippen LogP contribution is 2.07. The molecule has 0 atom stereocenters. The van der Waals surface area contributed by atoms with Crippen LogP contribution in [-0.4, -0.2) is 31.5 Å². The first kappa shape index (κ1) is 22.4. The Balaban J connectivity index is 0.00000338. The third-order valence-corrected chi connectivity index (χ3v) is 4.22. The van der Waals surface area contributed by atoms with E-state index in [0.29, 0.717) is 25.6 Å². The van der Waals surface area contributed by atoms with Crippen LogP contribution >= 0.6 is 35.3 Å². The Morgan fingerprint density at radius 2 is 1.85 bits per heavy atom. The Hall–Kier alpha value is -1.68. The van der Waals surface area contributed by atoms with Crippen LogP contribution in [0.4, 0.5) is 4.39 Å². The first-order valence-electron chi connectivity index (χ1n) is 8.27. The van der Waals surface area contributed by atoms with Crippen molar-refractivity contribution in [1.29, 1.82) is 0 Å². The lowest BCUT2D eigenvalue weighted by atomic mass is 10.2. The zero-order chi connectivity index (χ0) is 17.9. The van der Waals surface area contributed by atoms with Crippen molar-refractivity contribution >= 4 is 47.2 Å².